The second kappa shape index (κ2) is 6.13. The highest BCUT2D eigenvalue weighted by Gasteiger charge is 2.02. The Hall–Kier alpha value is -0.540. The van der Waals surface area contributed by atoms with Crippen molar-refractivity contribution in [3.63, 3.8) is 0 Å². The first-order chi connectivity index (χ1) is 7.11. The molecular weight excluding hydrogens is 209 g/mol. The highest BCUT2D eigenvalue weighted by molar-refractivity contribution is 7.99. The highest BCUT2D eigenvalue weighted by Crippen LogP contribution is 2.23. The minimum absolute atomic E-state index is 0.160. The van der Waals surface area contributed by atoms with Crippen LogP contribution in [0.1, 0.15) is 19.4 Å². The maximum atomic E-state index is 13.2. The molecule has 1 rings (SSSR count). The van der Waals surface area contributed by atoms with Crippen LogP contribution in [0.4, 0.5) is 4.39 Å². The van der Waals surface area contributed by atoms with Gasteiger partial charge in [-0.15, -0.1) is 11.8 Å². The zero-order valence-electron chi connectivity index (χ0n) is 9.29. The lowest BCUT2D eigenvalue weighted by molar-refractivity contribution is 0.621. The predicted octanol–water partition coefficient (Wildman–Crippen LogP) is 3.08. The first-order valence-corrected chi connectivity index (χ1v) is 6.22. The summed E-state index contributed by atoms with van der Waals surface area (Å²) >= 11 is 1.70. The van der Waals surface area contributed by atoms with Crippen molar-refractivity contribution in [2.24, 2.45) is 11.7 Å². The largest absolute Gasteiger partial charge is 0.330 e. The van der Waals surface area contributed by atoms with Crippen LogP contribution in [0, 0.1) is 11.7 Å². The number of hydrogen-bond donors (Lipinski definition) is 1. The maximum absolute atomic E-state index is 13.2. The number of nitrogens with two attached hydrogens (primary N) is 1. The Balaban J connectivity index is 2.70. The monoisotopic (exact) mass is 227 g/mol. The smallest absolute Gasteiger partial charge is 0.124 e. The highest BCUT2D eigenvalue weighted by atomic mass is 32.2. The van der Waals surface area contributed by atoms with Crippen molar-refractivity contribution in [1.29, 1.82) is 0 Å². The summed E-state index contributed by atoms with van der Waals surface area (Å²) in [5.41, 5.74) is 6.44. The molecule has 3 heteroatoms. The fraction of sp³-hybridized carbons (Fsp3) is 0.500. The fourth-order valence-electron chi connectivity index (χ4n) is 1.28. The van der Waals surface area contributed by atoms with Gasteiger partial charge in [-0.3, -0.25) is 0 Å². The average Bonchev–Trinajstić information content (AvgIpc) is 2.14. The van der Waals surface area contributed by atoms with E-state index in [1.165, 1.54) is 0 Å². The third-order valence-corrected chi connectivity index (χ3v) is 3.35. The van der Waals surface area contributed by atoms with Gasteiger partial charge in [0.2, 0.25) is 0 Å². The lowest BCUT2D eigenvalue weighted by Gasteiger charge is -2.07. The molecule has 15 heavy (non-hydrogen) atoms. The van der Waals surface area contributed by atoms with E-state index >= 15 is 0 Å². The van der Waals surface area contributed by atoms with Gasteiger partial charge in [0, 0.05) is 10.6 Å². The second-order valence-electron chi connectivity index (χ2n) is 4.04. The third-order valence-electron chi connectivity index (χ3n) is 1.95. The van der Waals surface area contributed by atoms with E-state index in [2.05, 4.69) is 13.8 Å². The first kappa shape index (κ1) is 12.5. The Morgan fingerprint density at radius 2 is 2.07 bits per heavy atom. The Bertz CT molecular complexity index is 312. The lowest BCUT2D eigenvalue weighted by atomic mass is 10.1. The van der Waals surface area contributed by atoms with Crippen molar-refractivity contribution in [2.75, 3.05) is 12.3 Å². The summed E-state index contributed by atoms with van der Waals surface area (Å²) in [5.74, 6) is 1.48. The summed E-state index contributed by atoms with van der Waals surface area (Å²) in [7, 11) is 0. The minimum atomic E-state index is -0.160. The van der Waals surface area contributed by atoms with Crippen LogP contribution < -0.4 is 5.73 Å². The molecule has 1 nitrogen and oxygen atoms in total. The Labute approximate surface area is 95.2 Å². The van der Waals surface area contributed by atoms with E-state index in [-0.39, 0.29) is 5.82 Å². The van der Waals surface area contributed by atoms with Crippen LogP contribution in [-0.2, 0) is 6.42 Å². The van der Waals surface area contributed by atoms with Gasteiger partial charge in [0.25, 0.3) is 0 Å². The molecule has 0 fully saturated rings. The molecule has 0 saturated carbocycles. The third kappa shape index (κ3) is 4.67. The van der Waals surface area contributed by atoms with Gasteiger partial charge in [-0.05, 0) is 42.6 Å². The van der Waals surface area contributed by atoms with Gasteiger partial charge in [0.05, 0.1) is 0 Å². The van der Waals surface area contributed by atoms with Gasteiger partial charge in [-0.2, -0.15) is 0 Å². The SMILES string of the molecule is CC(C)CSc1cc(F)cc(CCN)c1. The Morgan fingerprint density at radius 1 is 1.33 bits per heavy atom. The number of halogens is 1. The zero-order valence-corrected chi connectivity index (χ0v) is 10.1. The van der Waals surface area contributed by atoms with E-state index in [1.807, 2.05) is 6.07 Å². The van der Waals surface area contributed by atoms with E-state index in [1.54, 1.807) is 23.9 Å². The molecule has 0 aliphatic carbocycles. The topological polar surface area (TPSA) is 26.0 Å². The van der Waals surface area contributed by atoms with E-state index in [0.29, 0.717) is 12.5 Å². The molecule has 0 heterocycles. The molecule has 0 unspecified atom stereocenters. The van der Waals surface area contributed by atoms with Gasteiger partial charge < -0.3 is 5.73 Å². The summed E-state index contributed by atoms with van der Waals surface area (Å²) in [6, 6.07) is 5.18. The number of hydrogen-bond acceptors (Lipinski definition) is 2. The van der Waals surface area contributed by atoms with Gasteiger partial charge >= 0.3 is 0 Å². The lowest BCUT2D eigenvalue weighted by Crippen LogP contribution is -2.03. The predicted molar refractivity (Wildman–Crippen MR) is 64.7 cm³/mol. The second-order valence-corrected chi connectivity index (χ2v) is 5.13. The summed E-state index contributed by atoms with van der Waals surface area (Å²) in [4.78, 5) is 1.01. The molecule has 1 aromatic carbocycles. The van der Waals surface area contributed by atoms with Crippen LogP contribution in [0.15, 0.2) is 23.1 Å². The van der Waals surface area contributed by atoms with Crippen molar-refractivity contribution in [2.45, 2.75) is 25.2 Å². The van der Waals surface area contributed by atoms with Crippen molar-refractivity contribution in [1.82, 2.24) is 0 Å². The van der Waals surface area contributed by atoms with E-state index < -0.39 is 0 Å². The van der Waals surface area contributed by atoms with Crippen LogP contribution >= 0.6 is 11.8 Å². The number of thioether (sulfide) groups is 1. The summed E-state index contributed by atoms with van der Waals surface area (Å²) in [6.07, 6.45) is 0.743. The number of benzene rings is 1. The molecule has 0 radical (unpaired) electrons. The van der Waals surface area contributed by atoms with Crippen LogP contribution in [-0.4, -0.2) is 12.3 Å². The average molecular weight is 227 g/mol. The van der Waals surface area contributed by atoms with Gasteiger partial charge in [0.15, 0.2) is 0 Å². The first-order valence-electron chi connectivity index (χ1n) is 5.24. The summed E-state index contributed by atoms with van der Waals surface area (Å²) in [6.45, 7) is 4.89. The zero-order chi connectivity index (χ0) is 11.3. The van der Waals surface area contributed by atoms with Crippen molar-refractivity contribution in [3.05, 3.63) is 29.6 Å². The molecule has 0 atom stereocenters. The van der Waals surface area contributed by atoms with Crippen molar-refractivity contribution >= 4 is 11.8 Å². The molecule has 0 amide bonds. The van der Waals surface area contributed by atoms with Gasteiger partial charge in [0.1, 0.15) is 5.82 Å². The molecule has 2 N–H and O–H groups in total. The summed E-state index contributed by atoms with van der Waals surface area (Å²) in [5, 5.41) is 0. The molecule has 84 valence electrons. The molecular formula is C12H18FNS. The molecule has 0 aliphatic rings. The van der Waals surface area contributed by atoms with E-state index in [4.69, 9.17) is 5.73 Å². The quantitative estimate of drug-likeness (QED) is 0.782. The Kier molecular flexibility index (Phi) is 5.12. The van der Waals surface area contributed by atoms with Crippen LogP contribution in [0.5, 0.6) is 0 Å². The number of rotatable bonds is 5. The molecule has 1 aromatic rings. The molecule has 0 saturated heterocycles. The van der Waals surface area contributed by atoms with Crippen LogP contribution in [0.3, 0.4) is 0 Å². The molecule has 0 aliphatic heterocycles. The Morgan fingerprint density at radius 3 is 2.67 bits per heavy atom. The van der Waals surface area contributed by atoms with Crippen LogP contribution in [0.25, 0.3) is 0 Å². The standard InChI is InChI=1S/C12H18FNS/c1-9(2)8-15-12-6-10(3-4-14)5-11(13)7-12/h5-7,9H,3-4,8,14H2,1-2H3. The minimum Gasteiger partial charge on any atom is -0.330 e. The fourth-order valence-corrected chi connectivity index (χ4v) is 2.23. The van der Waals surface area contributed by atoms with Crippen molar-refractivity contribution < 1.29 is 4.39 Å². The summed E-state index contributed by atoms with van der Waals surface area (Å²) < 4.78 is 13.2. The normalized spacial score (nSPS) is 11.0. The maximum Gasteiger partial charge on any atom is 0.124 e. The van der Waals surface area contributed by atoms with Crippen molar-refractivity contribution in [3.8, 4) is 0 Å². The van der Waals surface area contributed by atoms with E-state index in [9.17, 15) is 4.39 Å². The van der Waals surface area contributed by atoms with Crippen LogP contribution in [0.2, 0.25) is 0 Å². The molecule has 0 spiro atoms. The molecule has 0 bridgehead atoms. The molecule has 0 aromatic heterocycles. The van der Waals surface area contributed by atoms with Gasteiger partial charge in [-0.25, -0.2) is 4.39 Å². The van der Waals surface area contributed by atoms with Gasteiger partial charge in [-0.1, -0.05) is 13.8 Å². The van der Waals surface area contributed by atoms with E-state index in [0.717, 1.165) is 22.6 Å².